The molecule has 0 spiro atoms. The van der Waals surface area contributed by atoms with Gasteiger partial charge in [0, 0.05) is 33.2 Å². The molecule has 0 saturated carbocycles. The van der Waals surface area contributed by atoms with Gasteiger partial charge in [0.1, 0.15) is 0 Å². The first-order chi connectivity index (χ1) is 13.4. The van der Waals surface area contributed by atoms with Crippen LogP contribution in [0.4, 0.5) is 5.95 Å². The number of rotatable bonds is 4. The lowest BCUT2D eigenvalue weighted by molar-refractivity contribution is 0.177. The number of aromatic nitrogens is 4. The number of fused-ring (bicyclic) bond motifs is 1. The second-order valence-corrected chi connectivity index (χ2v) is 7.40. The zero-order valence-electron chi connectivity index (χ0n) is 16.4. The number of nitrogens with zero attached hydrogens (tertiary/aromatic N) is 5. The highest BCUT2D eigenvalue weighted by molar-refractivity contribution is 5.74. The molecule has 3 heterocycles. The van der Waals surface area contributed by atoms with Gasteiger partial charge in [-0.15, -0.1) is 0 Å². The monoisotopic (exact) mass is 383 g/mol. The zero-order chi connectivity index (χ0) is 19.8. The Bertz CT molecular complexity index is 1100. The Labute approximate surface area is 162 Å². The van der Waals surface area contributed by atoms with E-state index in [1.165, 1.54) is 10.1 Å². The average Bonchev–Trinajstić information content (AvgIpc) is 3.02. The maximum absolute atomic E-state index is 12.6. The molecular weight excluding hydrogens is 358 g/mol. The minimum absolute atomic E-state index is 0.373. The van der Waals surface area contributed by atoms with Gasteiger partial charge in [0.05, 0.1) is 6.54 Å². The standard InChI is InChI=1S/C19H25N7O2/c1-13-4-6-14(7-5-13)12-26-15-16(24(3)19(28)21-17(15)27)20-18(26)22-25-10-8-23(2)9-11-25/h4-7H,8-12H2,1-3H3,(H,20,22)(H,21,27,28). The zero-order valence-corrected chi connectivity index (χ0v) is 16.4. The first kappa shape index (κ1) is 18.5. The van der Waals surface area contributed by atoms with Gasteiger partial charge in [0.25, 0.3) is 5.56 Å². The number of aryl methyl sites for hydroxylation is 2. The lowest BCUT2D eigenvalue weighted by atomic mass is 10.1. The van der Waals surface area contributed by atoms with Crippen molar-refractivity contribution in [1.82, 2.24) is 29.0 Å². The summed E-state index contributed by atoms with van der Waals surface area (Å²) >= 11 is 0. The van der Waals surface area contributed by atoms with E-state index in [1.54, 1.807) is 7.05 Å². The van der Waals surface area contributed by atoms with E-state index in [0.29, 0.717) is 23.7 Å². The SMILES string of the molecule is Cc1ccc(Cn2c(NN3CCN(C)CC3)nc3c2c(=O)[nH]c(=O)n3C)cc1. The van der Waals surface area contributed by atoms with Crippen LogP contribution in [0.5, 0.6) is 0 Å². The van der Waals surface area contributed by atoms with Crippen LogP contribution in [0.25, 0.3) is 11.2 Å². The lowest BCUT2D eigenvalue weighted by Crippen LogP contribution is -2.47. The van der Waals surface area contributed by atoms with Crippen molar-refractivity contribution in [2.75, 3.05) is 38.7 Å². The lowest BCUT2D eigenvalue weighted by Gasteiger charge is -2.32. The number of anilines is 1. The quantitative estimate of drug-likeness (QED) is 0.676. The predicted octanol–water partition coefficient (Wildman–Crippen LogP) is 0.354. The van der Waals surface area contributed by atoms with Crippen LogP contribution in [0.1, 0.15) is 11.1 Å². The fraction of sp³-hybridized carbons (Fsp3) is 0.421. The molecule has 2 N–H and O–H groups in total. The number of hydrazine groups is 1. The molecule has 28 heavy (non-hydrogen) atoms. The van der Waals surface area contributed by atoms with E-state index in [-0.39, 0.29) is 0 Å². The molecule has 9 nitrogen and oxygen atoms in total. The molecule has 0 atom stereocenters. The van der Waals surface area contributed by atoms with Crippen LogP contribution in [-0.2, 0) is 13.6 Å². The summed E-state index contributed by atoms with van der Waals surface area (Å²) < 4.78 is 3.22. The van der Waals surface area contributed by atoms with Crippen LogP contribution in [0.15, 0.2) is 33.9 Å². The molecule has 148 valence electrons. The largest absolute Gasteiger partial charge is 0.329 e. The van der Waals surface area contributed by atoms with Gasteiger partial charge in [-0.2, -0.15) is 4.98 Å². The molecule has 9 heteroatoms. The van der Waals surface area contributed by atoms with E-state index in [4.69, 9.17) is 0 Å². The molecule has 0 radical (unpaired) electrons. The fourth-order valence-corrected chi connectivity index (χ4v) is 3.41. The summed E-state index contributed by atoms with van der Waals surface area (Å²) in [5.41, 5.74) is 5.45. The van der Waals surface area contributed by atoms with Gasteiger partial charge in [0.2, 0.25) is 5.95 Å². The van der Waals surface area contributed by atoms with E-state index in [2.05, 4.69) is 32.4 Å². The van der Waals surface area contributed by atoms with Crippen molar-refractivity contribution in [1.29, 1.82) is 0 Å². The van der Waals surface area contributed by atoms with Gasteiger partial charge in [-0.25, -0.2) is 9.80 Å². The predicted molar refractivity (Wildman–Crippen MR) is 109 cm³/mol. The van der Waals surface area contributed by atoms with Crippen molar-refractivity contribution in [3.8, 4) is 0 Å². The summed E-state index contributed by atoms with van der Waals surface area (Å²) in [6, 6.07) is 8.16. The first-order valence-electron chi connectivity index (χ1n) is 9.37. The molecule has 1 aromatic carbocycles. The summed E-state index contributed by atoms with van der Waals surface area (Å²) in [5.74, 6) is 0.562. The summed E-state index contributed by atoms with van der Waals surface area (Å²) in [5, 5.41) is 2.10. The van der Waals surface area contributed by atoms with Crippen LogP contribution in [0, 0.1) is 6.92 Å². The average molecular weight is 383 g/mol. The van der Waals surface area contributed by atoms with Crippen LogP contribution >= 0.6 is 0 Å². The molecule has 1 aliphatic heterocycles. The summed E-state index contributed by atoms with van der Waals surface area (Å²) in [4.78, 5) is 33.9. The van der Waals surface area contributed by atoms with Crippen molar-refractivity contribution in [2.24, 2.45) is 7.05 Å². The molecule has 0 aliphatic carbocycles. The number of H-pyrrole nitrogens is 1. The van der Waals surface area contributed by atoms with Gasteiger partial charge in [-0.3, -0.25) is 24.3 Å². The molecular formula is C19H25N7O2. The Kier molecular flexibility index (Phi) is 4.78. The maximum atomic E-state index is 12.6. The molecule has 1 aliphatic rings. The molecule has 1 saturated heterocycles. The van der Waals surface area contributed by atoms with Crippen LogP contribution in [-0.4, -0.2) is 62.2 Å². The third-order valence-electron chi connectivity index (χ3n) is 5.23. The number of nitrogens with one attached hydrogen (secondary N) is 2. The Morgan fingerprint density at radius 1 is 1.07 bits per heavy atom. The van der Waals surface area contributed by atoms with Gasteiger partial charge in [-0.1, -0.05) is 29.8 Å². The topological polar surface area (TPSA) is 91.2 Å². The number of imidazole rings is 1. The molecule has 1 fully saturated rings. The highest BCUT2D eigenvalue weighted by Gasteiger charge is 2.21. The minimum atomic E-state index is -0.469. The van der Waals surface area contributed by atoms with Gasteiger partial charge >= 0.3 is 5.69 Å². The van der Waals surface area contributed by atoms with Crippen LogP contribution in [0.2, 0.25) is 0 Å². The van der Waals surface area contributed by atoms with Crippen LogP contribution in [0.3, 0.4) is 0 Å². The van der Waals surface area contributed by atoms with Gasteiger partial charge < -0.3 is 4.90 Å². The molecule has 3 aromatic rings. The normalized spacial score (nSPS) is 16.0. The Morgan fingerprint density at radius 2 is 1.75 bits per heavy atom. The number of piperazine rings is 1. The van der Waals surface area contributed by atoms with E-state index < -0.39 is 11.2 Å². The van der Waals surface area contributed by atoms with E-state index in [1.807, 2.05) is 35.8 Å². The number of benzene rings is 1. The molecule has 2 aromatic heterocycles. The van der Waals surface area contributed by atoms with Crippen molar-refractivity contribution in [2.45, 2.75) is 13.5 Å². The van der Waals surface area contributed by atoms with Crippen molar-refractivity contribution < 1.29 is 0 Å². The maximum Gasteiger partial charge on any atom is 0.329 e. The number of hydrogen-bond donors (Lipinski definition) is 2. The van der Waals surface area contributed by atoms with Gasteiger partial charge in [-0.05, 0) is 19.5 Å². The number of hydrogen-bond acceptors (Lipinski definition) is 6. The molecule has 0 amide bonds. The van der Waals surface area contributed by atoms with E-state index >= 15 is 0 Å². The summed E-state index contributed by atoms with van der Waals surface area (Å²) in [6.07, 6.45) is 0. The van der Waals surface area contributed by atoms with E-state index in [9.17, 15) is 9.59 Å². The third-order valence-corrected chi connectivity index (χ3v) is 5.23. The molecule has 0 unspecified atom stereocenters. The summed E-state index contributed by atoms with van der Waals surface area (Å²) in [7, 11) is 3.71. The van der Waals surface area contributed by atoms with Crippen LogP contribution < -0.4 is 16.7 Å². The Hall–Kier alpha value is -2.91. The minimum Gasteiger partial charge on any atom is -0.304 e. The molecule has 4 rings (SSSR count). The fourth-order valence-electron chi connectivity index (χ4n) is 3.41. The van der Waals surface area contributed by atoms with E-state index in [0.717, 1.165) is 31.7 Å². The number of likely N-dealkylation sites (N-methyl/N-ethyl adjacent to an activating group) is 1. The summed E-state index contributed by atoms with van der Waals surface area (Å²) in [6.45, 7) is 6.11. The van der Waals surface area contributed by atoms with Crippen molar-refractivity contribution in [3.05, 3.63) is 56.2 Å². The third kappa shape index (κ3) is 3.46. The molecule has 0 bridgehead atoms. The Balaban J connectivity index is 1.79. The van der Waals surface area contributed by atoms with Crippen molar-refractivity contribution >= 4 is 17.1 Å². The Morgan fingerprint density at radius 3 is 2.43 bits per heavy atom. The smallest absolute Gasteiger partial charge is 0.304 e. The van der Waals surface area contributed by atoms with Crippen molar-refractivity contribution in [3.63, 3.8) is 0 Å². The highest BCUT2D eigenvalue weighted by Crippen LogP contribution is 2.19. The first-order valence-corrected chi connectivity index (χ1v) is 9.37. The second-order valence-electron chi connectivity index (χ2n) is 7.40. The second kappa shape index (κ2) is 7.25. The van der Waals surface area contributed by atoms with Gasteiger partial charge in [0.15, 0.2) is 11.2 Å². The number of aromatic amines is 1. The highest BCUT2D eigenvalue weighted by atomic mass is 16.2.